The van der Waals surface area contributed by atoms with Crippen molar-refractivity contribution in [3.63, 3.8) is 0 Å². The summed E-state index contributed by atoms with van der Waals surface area (Å²) in [5, 5.41) is 0. The van der Waals surface area contributed by atoms with Crippen molar-refractivity contribution in [2.24, 2.45) is 0 Å². The van der Waals surface area contributed by atoms with Crippen LogP contribution in [-0.4, -0.2) is 21.9 Å². The third-order valence-electron chi connectivity index (χ3n) is 0. The number of hydrogen-bond acceptors (Lipinski definition) is 12. The third-order valence-corrected chi connectivity index (χ3v) is 0. The molecule has 0 bridgehead atoms. The molecule has 20 heavy (non-hydrogen) atoms. The Kier molecular flexibility index (Phi) is 219. The molecule has 0 heterocycles. The fraction of sp³-hybridized carbons (Fsp3) is 0. The molecule has 0 aliphatic heterocycles. The fourth-order valence-corrected chi connectivity index (χ4v) is 0. The molecule has 0 saturated carbocycles. The van der Waals surface area contributed by atoms with Gasteiger partial charge in [-0.25, -0.2) is 37.3 Å². The summed E-state index contributed by atoms with van der Waals surface area (Å²) < 4.78 is 67.9. The molecule has 16 nitrogen and oxygen atoms in total. The van der Waals surface area contributed by atoms with Crippen LogP contribution in [0.1, 0.15) is 2.85 Å². The third kappa shape index (κ3) is 4510. The maximum atomic E-state index is 8.49. The first-order valence-electron chi connectivity index (χ1n) is 1.23. The van der Waals surface area contributed by atoms with Gasteiger partial charge in [-0.2, -0.15) is 0 Å². The van der Waals surface area contributed by atoms with E-state index in [1.165, 1.54) is 0 Å². The summed E-state index contributed by atoms with van der Waals surface area (Å²) >= 11 is 0. The molecule has 0 saturated heterocycles. The molecule has 0 aromatic carbocycles. The van der Waals surface area contributed by atoms with Gasteiger partial charge < -0.3 is 43.8 Å². The average Bonchev–Trinajstić information content (AvgIpc) is 1.12. The van der Waals surface area contributed by atoms with E-state index in [9.17, 15) is 0 Å². The van der Waals surface area contributed by atoms with Crippen molar-refractivity contribution in [3.8, 4) is 0 Å². The number of halogens is 2. The topological polar surface area (TPSA) is 436 Å². The van der Waals surface area contributed by atoms with Gasteiger partial charge in [0.25, 0.3) is 0 Å². The molecule has 16 N–H and O–H groups in total. The van der Waals surface area contributed by atoms with Crippen molar-refractivity contribution in [3.05, 3.63) is 0 Å². The van der Waals surface area contributed by atoms with Crippen LogP contribution in [0.15, 0.2) is 0 Å². The first kappa shape index (κ1) is 102. The molecule has 20 heteroatoms. The van der Waals surface area contributed by atoms with E-state index < -0.39 is 20.5 Å². The SMILES string of the molecule is [H+].[H+].[O-][Cl+3]([O-])([O-])[O-].[O-][Cl+3]([O-])([O-])[O-].[OH-].[OH-].[OH-].[OH-].[OH3+].[OH3+].[OH3+].[OH3+].[Zn+2].[Zn+2]. The summed E-state index contributed by atoms with van der Waals surface area (Å²) in [5.74, 6) is 0. The second-order valence-electron chi connectivity index (χ2n) is 0.756. The zero-order valence-corrected chi connectivity index (χ0v) is 17.0. The van der Waals surface area contributed by atoms with E-state index >= 15 is 0 Å². The summed E-state index contributed by atoms with van der Waals surface area (Å²) in [7, 11) is -9.89. The normalized spacial score (nSPS) is 6.00. The number of hydrogen-bond donors (Lipinski definition) is 0. The van der Waals surface area contributed by atoms with Crippen LogP contribution in [0, 0.1) is 20.5 Å². The Hall–Kier alpha value is 1.19. The predicted molar refractivity (Wildman–Crippen MR) is 29.5 cm³/mol. The van der Waals surface area contributed by atoms with Crippen LogP contribution in [0.25, 0.3) is 0 Å². The van der Waals surface area contributed by atoms with Crippen LogP contribution in [0.3, 0.4) is 0 Å². The molecule has 0 radical (unpaired) electrons. The molecule has 0 rings (SSSR count). The van der Waals surface area contributed by atoms with Gasteiger partial charge in [0.2, 0.25) is 0 Å². The van der Waals surface area contributed by atoms with E-state index in [-0.39, 0.29) is 85.6 Å². The van der Waals surface area contributed by atoms with E-state index in [0.29, 0.717) is 0 Å². The molecule has 0 atom stereocenters. The smallest absolute Gasteiger partial charge is 0.870 e. The molecule has 0 aromatic rings. The van der Waals surface area contributed by atoms with Crippen molar-refractivity contribution < 1.29 is 143 Å². The van der Waals surface area contributed by atoms with Crippen molar-refractivity contribution in [2.75, 3.05) is 0 Å². The molecule has 0 aromatic heterocycles. The monoisotopic (exact) mass is 472 g/mol. The molecular weight excluding hydrogens is 458 g/mol. The van der Waals surface area contributed by atoms with Gasteiger partial charge in [-0.05, 0) is 0 Å². The molecule has 0 amide bonds. The molecule has 0 spiro atoms. The largest absolute Gasteiger partial charge is 2.00 e. The van der Waals surface area contributed by atoms with Gasteiger partial charge in [0.15, 0.2) is 0 Å². The van der Waals surface area contributed by atoms with Crippen molar-refractivity contribution in [2.45, 2.75) is 0 Å². The molecule has 0 fully saturated rings. The second-order valence-corrected chi connectivity index (χ2v) is 2.27. The van der Waals surface area contributed by atoms with E-state index in [2.05, 4.69) is 0 Å². The minimum atomic E-state index is -4.94. The van der Waals surface area contributed by atoms with E-state index in [4.69, 9.17) is 37.3 Å². The Labute approximate surface area is 143 Å². The van der Waals surface area contributed by atoms with Crippen molar-refractivity contribution in [1.82, 2.24) is 0 Å². The minimum Gasteiger partial charge on any atom is -0.870 e. The minimum absolute atomic E-state index is 0. The zero-order chi connectivity index (χ0) is 9.00. The quantitative estimate of drug-likeness (QED) is 0.232. The van der Waals surface area contributed by atoms with Crippen LogP contribution in [0.4, 0.5) is 0 Å². The van der Waals surface area contributed by atoms with Gasteiger partial charge in [-0.3, -0.25) is 0 Å². The van der Waals surface area contributed by atoms with Crippen molar-refractivity contribution in [1.29, 1.82) is 0 Å². The predicted octanol–water partition coefficient (Wildman–Crippen LogP) is -13.7. The first-order chi connectivity index (χ1) is 4.00. The summed E-state index contributed by atoms with van der Waals surface area (Å²) in [6.45, 7) is 0. The fourth-order valence-electron chi connectivity index (χ4n) is 0. The van der Waals surface area contributed by atoms with Gasteiger partial charge in [0, 0.05) is 0 Å². The van der Waals surface area contributed by atoms with Gasteiger partial charge in [0.05, 0.1) is 0 Å². The number of rotatable bonds is 0. The van der Waals surface area contributed by atoms with Gasteiger partial charge in [-0.15, -0.1) is 20.5 Å². The van der Waals surface area contributed by atoms with Crippen LogP contribution >= 0.6 is 0 Å². The Bertz CT molecular complexity index is 71.1. The van der Waals surface area contributed by atoms with Gasteiger partial charge in [-0.1, -0.05) is 0 Å². The summed E-state index contributed by atoms with van der Waals surface area (Å²) in [5.41, 5.74) is 0. The Balaban J connectivity index is -0.00000000314. The second kappa shape index (κ2) is 42.7. The zero-order valence-electron chi connectivity index (χ0n) is 11.5. The molecular formula is H18Cl2O16Zn2+4. The molecule has 0 aliphatic rings. The Morgan fingerprint density at radius 3 is 0.400 bits per heavy atom. The summed E-state index contributed by atoms with van der Waals surface area (Å²) in [4.78, 5) is 0. The van der Waals surface area contributed by atoms with E-state index in [0.717, 1.165) is 0 Å². The van der Waals surface area contributed by atoms with Crippen LogP contribution in [-0.2, 0) is 60.9 Å². The maximum absolute atomic E-state index is 8.49. The summed E-state index contributed by atoms with van der Waals surface area (Å²) in [6, 6.07) is 0. The van der Waals surface area contributed by atoms with Crippen LogP contribution in [0.5, 0.6) is 0 Å². The standard InChI is InChI=1S/2ClHO4.8H2O.2Zn/c2*2-1(3,4)5;;;;;;;;;;/h2*(H,2,3,4,5);8*1H2;;/q;;;;;;;;;;2*+2. The summed E-state index contributed by atoms with van der Waals surface area (Å²) in [6.07, 6.45) is 0. The maximum Gasteiger partial charge on any atom is 2.00 e. The molecule has 0 aliphatic carbocycles. The van der Waals surface area contributed by atoms with Crippen molar-refractivity contribution >= 4 is 0 Å². The Morgan fingerprint density at radius 1 is 0.400 bits per heavy atom. The Morgan fingerprint density at radius 2 is 0.400 bits per heavy atom. The van der Waals surface area contributed by atoms with Crippen LogP contribution < -0.4 is 37.3 Å². The molecule has 128 valence electrons. The van der Waals surface area contributed by atoms with Gasteiger partial charge >= 0.3 is 41.8 Å². The van der Waals surface area contributed by atoms with Gasteiger partial charge in [0.1, 0.15) is 0 Å². The first-order valence-corrected chi connectivity index (χ1v) is 3.70. The average molecular weight is 476 g/mol. The van der Waals surface area contributed by atoms with E-state index in [1.807, 2.05) is 0 Å². The van der Waals surface area contributed by atoms with Crippen LogP contribution in [0.2, 0.25) is 0 Å². The van der Waals surface area contributed by atoms with E-state index in [1.54, 1.807) is 0 Å². The molecule has 0 unspecified atom stereocenters.